The third-order valence-corrected chi connectivity index (χ3v) is 2.98. The van der Waals surface area contributed by atoms with E-state index in [1.165, 1.54) is 26.4 Å². The number of non-ortho nitro benzene ring substituents is 1. The van der Waals surface area contributed by atoms with Crippen LogP contribution in [0.3, 0.4) is 0 Å². The molecular weight excluding hydrogens is 266 g/mol. The van der Waals surface area contributed by atoms with Crippen LogP contribution < -0.4 is 0 Å². The van der Waals surface area contributed by atoms with Crippen molar-refractivity contribution in [2.45, 2.75) is 19.8 Å². The fourth-order valence-corrected chi connectivity index (χ4v) is 2.15. The van der Waals surface area contributed by atoms with E-state index in [9.17, 15) is 14.9 Å². The lowest BCUT2D eigenvalue weighted by atomic mass is 9.90. The molecule has 0 bridgehead atoms. The van der Waals surface area contributed by atoms with Gasteiger partial charge in [0.05, 0.1) is 25.7 Å². The maximum Gasteiger partial charge on any atom is 0.315 e. The Morgan fingerprint density at radius 3 is 2.25 bits per heavy atom. The van der Waals surface area contributed by atoms with E-state index in [1.54, 1.807) is 13.8 Å². The quantitative estimate of drug-likeness (QED) is 0.343. The van der Waals surface area contributed by atoms with Crippen molar-refractivity contribution >= 4 is 11.7 Å². The maximum atomic E-state index is 11.8. The molecule has 1 unspecified atom stereocenters. The van der Waals surface area contributed by atoms with E-state index in [2.05, 4.69) is 4.89 Å². The summed E-state index contributed by atoms with van der Waals surface area (Å²) in [6, 6.07) is 2.84. The highest BCUT2D eigenvalue weighted by molar-refractivity contribution is 5.79. The second-order valence-electron chi connectivity index (χ2n) is 4.28. The molecule has 0 fully saturated rings. The monoisotopic (exact) mass is 283 g/mol. The number of nitro benzene ring substituents is 1. The summed E-state index contributed by atoms with van der Waals surface area (Å²) < 4.78 is 4.74. The second-order valence-corrected chi connectivity index (χ2v) is 4.28. The molecule has 0 radical (unpaired) electrons. The van der Waals surface area contributed by atoms with Crippen molar-refractivity contribution in [1.29, 1.82) is 0 Å². The minimum Gasteiger partial charge on any atom is -0.468 e. The Labute approximate surface area is 116 Å². The van der Waals surface area contributed by atoms with Gasteiger partial charge < -0.3 is 4.74 Å². The van der Waals surface area contributed by atoms with E-state index < -0.39 is 16.8 Å². The first-order valence-electron chi connectivity index (χ1n) is 5.91. The molecule has 7 heteroatoms. The van der Waals surface area contributed by atoms with Gasteiger partial charge in [0.15, 0.2) is 0 Å². The van der Waals surface area contributed by atoms with Crippen molar-refractivity contribution in [2.24, 2.45) is 0 Å². The van der Waals surface area contributed by atoms with Gasteiger partial charge in [-0.15, -0.1) is 0 Å². The molecule has 0 aliphatic rings. The first-order valence-corrected chi connectivity index (χ1v) is 5.91. The minimum atomic E-state index is -0.694. The summed E-state index contributed by atoms with van der Waals surface area (Å²) in [7, 11) is 2.61. The van der Waals surface area contributed by atoms with Gasteiger partial charge in [0, 0.05) is 12.1 Å². The molecule has 0 aromatic heterocycles. The molecule has 110 valence electrons. The second kappa shape index (κ2) is 6.97. The number of nitrogens with zero attached hydrogens (tertiary/aromatic N) is 1. The lowest BCUT2D eigenvalue weighted by molar-refractivity contribution is -0.385. The lowest BCUT2D eigenvalue weighted by Gasteiger charge is -2.18. The molecule has 0 saturated carbocycles. The zero-order chi connectivity index (χ0) is 15.3. The SMILES string of the molecule is COOCC(C(=O)OC)c1c(C)cc([N+](=O)[O-])cc1C. The first-order chi connectivity index (χ1) is 9.42. The number of rotatable bonds is 6. The molecule has 0 N–H and O–H groups in total. The Bertz CT molecular complexity index is 491. The van der Waals surface area contributed by atoms with E-state index in [0.29, 0.717) is 16.7 Å². The highest BCUT2D eigenvalue weighted by atomic mass is 17.2. The van der Waals surface area contributed by atoms with E-state index in [-0.39, 0.29) is 12.3 Å². The molecule has 0 heterocycles. The molecule has 0 aliphatic carbocycles. The summed E-state index contributed by atoms with van der Waals surface area (Å²) in [6.45, 7) is 3.39. The number of ether oxygens (including phenoxy) is 1. The van der Waals surface area contributed by atoms with Crippen molar-refractivity contribution in [3.8, 4) is 0 Å². The van der Waals surface area contributed by atoms with Crippen LogP contribution in [0.5, 0.6) is 0 Å². The summed E-state index contributed by atoms with van der Waals surface area (Å²) in [5, 5.41) is 10.8. The molecular formula is C13H17NO6. The Hall–Kier alpha value is -1.99. The van der Waals surface area contributed by atoms with Crippen LogP contribution in [-0.2, 0) is 19.3 Å². The Morgan fingerprint density at radius 1 is 1.30 bits per heavy atom. The van der Waals surface area contributed by atoms with Gasteiger partial charge in [-0.05, 0) is 30.5 Å². The van der Waals surface area contributed by atoms with Gasteiger partial charge in [-0.3, -0.25) is 14.9 Å². The van der Waals surface area contributed by atoms with Gasteiger partial charge in [0.2, 0.25) is 0 Å². The lowest BCUT2D eigenvalue weighted by Crippen LogP contribution is -2.21. The average molecular weight is 283 g/mol. The van der Waals surface area contributed by atoms with Gasteiger partial charge in [0.1, 0.15) is 5.92 Å². The Kier molecular flexibility index (Phi) is 5.60. The van der Waals surface area contributed by atoms with E-state index in [4.69, 9.17) is 9.62 Å². The summed E-state index contributed by atoms with van der Waals surface area (Å²) in [5.74, 6) is -1.18. The molecule has 0 aliphatic heterocycles. The van der Waals surface area contributed by atoms with Crippen molar-refractivity contribution in [3.05, 3.63) is 38.9 Å². The molecule has 1 atom stereocenters. The zero-order valence-corrected chi connectivity index (χ0v) is 11.8. The van der Waals surface area contributed by atoms with Crippen LogP contribution in [0.4, 0.5) is 5.69 Å². The van der Waals surface area contributed by atoms with E-state index >= 15 is 0 Å². The largest absolute Gasteiger partial charge is 0.468 e. The smallest absolute Gasteiger partial charge is 0.315 e. The van der Waals surface area contributed by atoms with Crippen LogP contribution >= 0.6 is 0 Å². The molecule has 20 heavy (non-hydrogen) atoms. The number of methoxy groups -OCH3 is 1. The number of hydrogen-bond donors (Lipinski definition) is 0. The summed E-state index contributed by atoms with van der Waals surface area (Å²) >= 11 is 0. The van der Waals surface area contributed by atoms with Crippen molar-refractivity contribution in [1.82, 2.24) is 0 Å². The average Bonchev–Trinajstić information content (AvgIpc) is 2.40. The summed E-state index contributed by atoms with van der Waals surface area (Å²) in [5.41, 5.74) is 1.90. The van der Waals surface area contributed by atoms with Gasteiger partial charge in [-0.1, -0.05) is 0 Å². The van der Waals surface area contributed by atoms with Crippen LogP contribution in [0.25, 0.3) is 0 Å². The summed E-state index contributed by atoms with van der Waals surface area (Å²) in [4.78, 5) is 31.5. The topological polar surface area (TPSA) is 87.9 Å². The number of hydrogen-bond acceptors (Lipinski definition) is 6. The normalized spacial score (nSPS) is 12.0. The van der Waals surface area contributed by atoms with Crippen LogP contribution in [0.15, 0.2) is 12.1 Å². The Morgan fingerprint density at radius 2 is 1.85 bits per heavy atom. The third-order valence-electron chi connectivity index (χ3n) is 2.98. The predicted molar refractivity (Wildman–Crippen MR) is 70.3 cm³/mol. The third kappa shape index (κ3) is 3.52. The fourth-order valence-electron chi connectivity index (χ4n) is 2.15. The zero-order valence-electron chi connectivity index (χ0n) is 11.8. The van der Waals surface area contributed by atoms with Crippen LogP contribution in [0.1, 0.15) is 22.6 Å². The standard InChI is InChI=1S/C13H17NO6/c1-8-5-10(14(16)17)6-9(2)12(8)11(7-20-19-4)13(15)18-3/h5-6,11H,7H2,1-4H3. The molecule has 0 spiro atoms. The number of carbonyl (C=O) groups is 1. The molecule has 0 amide bonds. The number of carbonyl (C=O) groups excluding carboxylic acids is 1. The number of esters is 1. The van der Waals surface area contributed by atoms with Crippen molar-refractivity contribution in [3.63, 3.8) is 0 Å². The number of aryl methyl sites for hydroxylation is 2. The molecule has 1 rings (SSSR count). The van der Waals surface area contributed by atoms with Crippen molar-refractivity contribution in [2.75, 3.05) is 20.8 Å². The van der Waals surface area contributed by atoms with Crippen molar-refractivity contribution < 1.29 is 24.2 Å². The first kappa shape index (κ1) is 16.1. The van der Waals surface area contributed by atoms with Gasteiger partial charge in [-0.2, -0.15) is 0 Å². The summed E-state index contributed by atoms with van der Waals surface area (Å²) in [6.07, 6.45) is 0. The molecule has 7 nitrogen and oxygen atoms in total. The van der Waals surface area contributed by atoms with E-state index in [0.717, 1.165) is 0 Å². The molecule has 1 aromatic rings. The van der Waals surface area contributed by atoms with E-state index in [1.807, 2.05) is 0 Å². The van der Waals surface area contributed by atoms with Gasteiger partial charge in [-0.25, -0.2) is 9.78 Å². The minimum absolute atomic E-state index is 0.0139. The molecule has 0 saturated heterocycles. The maximum absolute atomic E-state index is 11.8. The number of nitro groups is 1. The Balaban J connectivity index is 3.25. The van der Waals surface area contributed by atoms with Gasteiger partial charge >= 0.3 is 5.97 Å². The molecule has 1 aromatic carbocycles. The predicted octanol–water partition coefficient (Wildman–Crippen LogP) is 2.05. The highest BCUT2D eigenvalue weighted by Crippen LogP contribution is 2.29. The van der Waals surface area contributed by atoms with Crippen LogP contribution in [0.2, 0.25) is 0 Å². The van der Waals surface area contributed by atoms with Crippen LogP contribution in [0, 0.1) is 24.0 Å². The fraction of sp³-hybridized carbons (Fsp3) is 0.462. The van der Waals surface area contributed by atoms with Crippen LogP contribution in [-0.4, -0.2) is 31.7 Å². The van der Waals surface area contributed by atoms with Gasteiger partial charge in [0.25, 0.3) is 5.69 Å². The highest BCUT2D eigenvalue weighted by Gasteiger charge is 2.27. The number of benzene rings is 1.